The molecule has 0 fully saturated rings. The predicted octanol–water partition coefficient (Wildman–Crippen LogP) is 4.22. The molecule has 0 radical (unpaired) electrons. The van der Waals surface area contributed by atoms with E-state index in [1.807, 2.05) is 30.3 Å². The minimum Gasteiger partial charge on any atom is -0.505 e. The number of nitrogens with zero attached hydrogens (tertiary/aromatic N) is 1. The molecular formula is C18H15ClN2O3S. The van der Waals surface area contributed by atoms with Gasteiger partial charge in [0.25, 0.3) is 10.0 Å². The van der Waals surface area contributed by atoms with Gasteiger partial charge in [-0.1, -0.05) is 48.0 Å². The summed E-state index contributed by atoms with van der Waals surface area (Å²) in [7, 11) is -4.01. The molecule has 0 amide bonds. The number of sulfonamides is 1. The third-order valence-electron chi connectivity index (χ3n) is 3.68. The van der Waals surface area contributed by atoms with Crippen molar-refractivity contribution in [1.82, 2.24) is 4.98 Å². The molecule has 7 heteroatoms. The van der Waals surface area contributed by atoms with E-state index in [-0.39, 0.29) is 9.92 Å². The molecule has 0 aliphatic carbocycles. The molecule has 3 aromatic rings. The Hall–Kier alpha value is -2.57. The number of aryl methyl sites for hydroxylation is 1. The zero-order chi connectivity index (χ0) is 18.0. The number of phenolic OH excluding ortho intramolecular Hbond substituents is 1. The number of para-hydroxylation sites is 1. The zero-order valence-corrected chi connectivity index (χ0v) is 14.8. The number of benzene rings is 2. The molecule has 128 valence electrons. The summed E-state index contributed by atoms with van der Waals surface area (Å²) in [5, 5.41) is 9.91. The molecule has 0 aliphatic heterocycles. The Morgan fingerprint density at radius 3 is 2.48 bits per heavy atom. The molecule has 2 aromatic carbocycles. The average Bonchev–Trinajstić information content (AvgIpc) is 2.59. The van der Waals surface area contributed by atoms with Crippen LogP contribution in [0.3, 0.4) is 0 Å². The molecule has 3 rings (SSSR count). The first-order valence-electron chi connectivity index (χ1n) is 7.41. The lowest BCUT2D eigenvalue weighted by Crippen LogP contribution is -2.14. The van der Waals surface area contributed by atoms with Crippen LogP contribution in [0.2, 0.25) is 5.02 Å². The number of hydrogen-bond donors (Lipinski definition) is 2. The molecule has 2 N–H and O–H groups in total. The van der Waals surface area contributed by atoms with Crippen LogP contribution in [0.1, 0.15) is 5.69 Å². The number of pyridine rings is 1. The largest absolute Gasteiger partial charge is 0.505 e. The van der Waals surface area contributed by atoms with Gasteiger partial charge in [-0.25, -0.2) is 8.42 Å². The second-order valence-electron chi connectivity index (χ2n) is 5.42. The van der Waals surface area contributed by atoms with Gasteiger partial charge in [0.15, 0.2) is 5.75 Å². The number of nitrogens with one attached hydrogen (secondary N) is 1. The number of hydrogen-bond acceptors (Lipinski definition) is 4. The van der Waals surface area contributed by atoms with Gasteiger partial charge in [0.1, 0.15) is 4.90 Å². The number of aromatic hydroxyl groups is 1. The van der Waals surface area contributed by atoms with Crippen LogP contribution in [-0.4, -0.2) is 18.5 Å². The molecule has 5 nitrogen and oxygen atoms in total. The summed E-state index contributed by atoms with van der Waals surface area (Å²) in [4.78, 5) is 3.97. The molecule has 0 saturated heterocycles. The molecule has 0 unspecified atom stereocenters. The Bertz CT molecular complexity index is 1020. The van der Waals surface area contributed by atoms with E-state index in [2.05, 4.69) is 9.71 Å². The molecule has 0 bridgehead atoms. The van der Waals surface area contributed by atoms with Crippen molar-refractivity contribution < 1.29 is 13.5 Å². The van der Waals surface area contributed by atoms with E-state index in [0.717, 1.165) is 11.1 Å². The van der Waals surface area contributed by atoms with E-state index >= 15 is 0 Å². The van der Waals surface area contributed by atoms with Gasteiger partial charge < -0.3 is 5.11 Å². The van der Waals surface area contributed by atoms with Gasteiger partial charge in [-0.15, -0.1) is 0 Å². The second kappa shape index (κ2) is 6.74. The second-order valence-corrected chi connectivity index (χ2v) is 7.47. The summed E-state index contributed by atoms with van der Waals surface area (Å²) >= 11 is 5.80. The van der Waals surface area contributed by atoms with Crippen molar-refractivity contribution in [3.63, 3.8) is 0 Å². The van der Waals surface area contributed by atoms with E-state index < -0.39 is 15.8 Å². The fourth-order valence-electron chi connectivity index (χ4n) is 2.34. The summed E-state index contributed by atoms with van der Waals surface area (Å²) < 4.78 is 27.7. The Kier molecular flexibility index (Phi) is 4.65. The predicted molar refractivity (Wildman–Crippen MR) is 98.3 cm³/mol. The summed E-state index contributed by atoms with van der Waals surface area (Å²) in [6.07, 6.45) is 1.68. The smallest absolute Gasteiger partial charge is 0.265 e. The van der Waals surface area contributed by atoms with Crippen LogP contribution < -0.4 is 4.72 Å². The van der Waals surface area contributed by atoms with Gasteiger partial charge >= 0.3 is 0 Å². The number of anilines is 1. The van der Waals surface area contributed by atoms with Crippen molar-refractivity contribution >= 4 is 27.3 Å². The van der Waals surface area contributed by atoms with E-state index in [1.54, 1.807) is 19.2 Å². The highest BCUT2D eigenvalue weighted by molar-refractivity contribution is 7.92. The van der Waals surface area contributed by atoms with Crippen LogP contribution in [0.5, 0.6) is 5.75 Å². The zero-order valence-electron chi connectivity index (χ0n) is 13.3. The van der Waals surface area contributed by atoms with Crippen LogP contribution in [0.4, 0.5) is 5.69 Å². The maximum Gasteiger partial charge on any atom is 0.265 e. The lowest BCUT2D eigenvalue weighted by molar-refractivity contribution is 0.459. The van der Waals surface area contributed by atoms with Gasteiger partial charge in [0, 0.05) is 11.8 Å². The highest BCUT2D eigenvalue weighted by Crippen LogP contribution is 2.32. The molecule has 1 aromatic heterocycles. The van der Waals surface area contributed by atoms with Gasteiger partial charge in [-0.3, -0.25) is 9.71 Å². The molecule has 1 heterocycles. The SMILES string of the molecule is Cc1ncc(-c2ccccc2)cc1NS(=O)(=O)c1cccc(Cl)c1O. The van der Waals surface area contributed by atoms with E-state index in [1.165, 1.54) is 18.2 Å². The van der Waals surface area contributed by atoms with Crippen LogP contribution in [0.15, 0.2) is 65.7 Å². The Morgan fingerprint density at radius 1 is 1.04 bits per heavy atom. The molecule has 0 spiro atoms. The molecule has 0 aliphatic rings. The van der Waals surface area contributed by atoms with Crippen molar-refractivity contribution in [2.45, 2.75) is 11.8 Å². The standard InChI is InChI=1S/C18H15ClN2O3S/c1-12-16(10-14(11-20-12)13-6-3-2-4-7-13)21-25(23,24)17-9-5-8-15(19)18(17)22/h2-11,21-22H,1H3. The fourth-order valence-corrected chi connectivity index (χ4v) is 3.80. The van der Waals surface area contributed by atoms with Gasteiger partial charge in [-0.05, 0) is 30.7 Å². The maximum absolute atomic E-state index is 12.6. The van der Waals surface area contributed by atoms with Crippen LogP contribution >= 0.6 is 11.6 Å². The fraction of sp³-hybridized carbons (Fsp3) is 0.0556. The number of rotatable bonds is 4. The van der Waals surface area contributed by atoms with Crippen molar-refractivity contribution in [3.05, 3.63) is 71.5 Å². The Morgan fingerprint density at radius 2 is 1.76 bits per heavy atom. The number of halogens is 1. The normalized spacial score (nSPS) is 11.3. The first-order chi connectivity index (χ1) is 11.9. The summed E-state index contributed by atoms with van der Waals surface area (Å²) in [5.74, 6) is -0.485. The first-order valence-corrected chi connectivity index (χ1v) is 9.27. The molecule has 25 heavy (non-hydrogen) atoms. The van der Waals surface area contributed by atoms with Gasteiger partial charge in [0.2, 0.25) is 0 Å². The molecule has 0 atom stereocenters. The molecule has 0 saturated carbocycles. The van der Waals surface area contributed by atoms with Crippen LogP contribution in [-0.2, 0) is 10.0 Å². The lowest BCUT2D eigenvalue weighted by atomic mass is 10.1. The van der Waals surface area contributed by atoms with Gasteiger partial charge in [-0.2, -0.15) is 0 Å². The minimum absolute atomic E-state index is 0.0317. The monoisotopic (exact) mass is 374 g/mol. The van der Waals surface area contributed by atoms with Crippen molar-refractivity contribution in [3.8, 4) is 16.9 Å². The van der Waals surface area contributed by atoms with E-state index in [4.69, 9.17) is 11.6 Å². The van der Waals surface area contributed by atoms with Crippen LogP contribution in [0.25, 0.3) is 11.1 Å². The number of phenols is 1. The quantitative estimate of drug-likeness (QED) is 0.716. The highest BCUT2D eigenvalue weighted by atomic mass is 35.5. The average molecular weight is 375 g/mol. The topological polar surface area (TPSA) is 79.3 Å². The summed E-state index contributed by atoms with van der Waals surface area (Å²) in [6, 6.07) is 15.4. The summed E-state index contributed by atoms with van der Waals surface area (Å²) in [5.41, 5.74) is 2.55. The third-order valence-corrected chi connectivity index (χ3v) is 5.38. The first kappa shape index (κ1) is 17.3. The third kappa shape index (κ3) is 3.60. The van der Waals surface area contributed by atoms with Crippen molar-refractivity contribution in [2.75, 3.05) is 4.72 Å². The van der Waals surface area contributed by atoms with E-state index in [9.17, 15) is 13.5 Å². The number of aromatic nitrogens is 1. The Labute approximate surface area is 151 Å². The molecular weight excluding hydrogens is 360 g/mol. The van der Waals surface area contributed by atoms with Crippen LogP contribution in [0, 0.1) is 6.92 Å². The van der Waals surface area contributed by atoms with E-state index in [0.29, 0.717) is 11.4 Å². The lowest BCUT2D eigenvalue weighted by Gasteiger charge is -2.13. The highest BCUT2D eigenvalue weighted by Gasteiger charge is 2.21. The summed E-state index contributed by atoms with van der Waals surface area (Å²) in [6.45, 7) is 1.70. The maximum atomic E-state index is 12.6. The Balaban J connectivity index is 2.01. The van der Waals surface area contributed by atoms with Gasteiger partial charge in [0.05, 0.1) is 16.4 Å². The van der Waals surface area contributed by atoms with Crippen molar-refractivity contribution in [1.29, 1.82) is 0 Å². The minimum atomic E-state index is -4.01. The van der Waals surface area contributed by atoms with Crippen molar-refractivity contribution in [2.24, 2.45) is 0 Å².